The fourth-order valence-corrected chi connectivity index (χ4v) is 3.14. The van der Waals surface area contributed by atoms with Crippen LogP contribution in [0.2, 0.25) is 0 Å². The van der Waals surface area contributed by atoms with Crippen molar-refractivity contribution in [2.24, 2.45) is 5.92 Å². The highest BCUT2D eigenvalue weighted by molar-refractivity contribution is 7.12. The van der Waals surface area contributed by atoms with Crippen molar-refractivity contribution in [3.05, 3.63) is 16.3 Å². The summed E-state index contributed by atoms with van der Waals surface area (Å²) < 4.78 is 0. The summed E-state index contributed by atoms with van der Waals surface area (Å²) in [7, 11) is 0. The van der Waals surface area contributed by atoms with Crippen LogP contribution in [0.15, 0.2) is 11.4 Å². The molecule has 1 unspecified atom stereocenters. The maximum absolute atomic E-state index is 12.1. The summed E-state index contributed by atoms with van der Waals surface area (Å²) in [6.45, 7) is 0.446. The van der Waals surface area contributed by atoms with E-state index in [1.54, 1.807) is 16.3 Å². The van der Waals surface area contributed by atoms with Gasteiger partial charge in [-0.15, -0.1) is 11.3 Å². The van der Waals surface area contributed by atoms with E-state index in [9.17, 15) is 14.4 Å². The number of nitrogens with one attached hydrogen (secondary N) is 1. The van der Waals surface area contributed by atoms with Gasteiger partial charge in [0.25, 0.3) is 0 Å². The first-order valence-electron chi connectivity index (χ1n) is 6.47. The van der Waals surface area contributed by atoms with Crippen LogP contribution in [0.5, 0.6) is 0 Å². The van der Waals surface area contributed by atoms with Crippen LogP contribution in [-0.4, -0.2) is 40.4 Å². The molecule has 7 heteroatoms. The number of hydrogen-bond acceptors (Lipinski definition) is 4. The predicted molar refractivity (Wildman–Crippen MR) is 72.8 cm³/mol. The number of carbonyl (C=O) groups is 3. The molecule has 0 aromatic carbocycles. The van der Waals surface area contributed by atoms with Crippen molar-refractivity contribution in [3.8, 4) is 0 Å². The molecule has 3 rings (SSSR count). The van der Waals surface area contributed by atoms with E-state index in [1.165, 1.54) is 0 Å². The molecule has 2 N–H and O–H groups in total. The van der Waals surface area contributed by atoms with Crippen LogP contribution in [0.25, 0.3) is 0 Å². The highest BCUT2D eigenvalue weighted by Crippen LogP contribution is 2.33. The SMILES string of the molecule is O=C(O)c1sccc1NC(=O)C1CC(=O)N(C2CC2)C1. The van der Waals surface area contributed by atoms with Crippen molar-refractivity contribution in [3.63, 3.8) is 0 Å². The van der Waals surface area contributed by atoms with E-state index in [0.29, 0.717) is 18.3 Å². The molecule has 2 amide bonds. The molecule has 106 valence electrons. The molecule has 6 nitrogen and oxygen atoms in total. The first-order valence-corrected chi connectivity index (χ1v) is 7.35. The summed E-state index contributed by atoms with van der Waals surface area (Å²) >= 11 is 1.07. The van der Waals surface area contributed by atoms with Gasteiger partial charge in [-0.2, -0.15) is 0 Å². The Kier molecular flexibility index (Phi) is 3.21. The van der Waals surface area contributed by atoms with Crippen LogP contribution in [0, 0.1) is 5.92 Å². The minimum atomic E-state index is -1.06. The van der Waals surface area contributed by atoms with Gasteiger partial charge in [-0.1, -0.05) is 0 Å². The Bertz CT molecular complexity index is 579. The summed E-state index contributed by atoms with van der Waals surface area (Å²) in [5, 5.41) is 13.2. The summed E-state index contributed by atoms with van der Waals surface area (Å²) in [6.07, 6.45) is 2.26. The molecule has 1 aliphatic carbocycles. The van der Waals surface area contributed by atoms with E-state index in [4.69, 9.17) is 5.11 Å². The maximum atomic E-state index is 12.1. The summed E-state index contributed by atoms with van der Waals surface area (Å²) in [4.78, 5) is 36.8. The topological polar surface area (TPSA) is 86.7 Å². The number of amides is 2. The molecule has 1 aromatic rings. The number of carboxylic acid groups (broad SMARTS) is 1. The van der Waals surface area contributed by atoms with Gasteiger partial charge in [-0.3, -0.25) is 9.59 Å². The lowest BCUT2D eigenvalue weighted by molar-refractivity contribution is -0.128. The third-order valence-corrected chi connectivity index (χ3v) is 4.54. The van der Waals surface area contributed by atoms with E-state index >= 15 is 0 Å². The molecule has 1 aliphatic heterocycles. The maximum Gasteiger partial charge on any atom is 0.348 e. The molecule has 0 spiro atoms. The van der Waals surface area contributed by atoms with Gasteiger partial charge in [0.2, 0.25) is 11.8 Å². The lowest BCUT2D eigenvalue weighted by atomic mass is 10.1. The van der Waals surface area contributed by atoms with Crippen LogP contribution < -0.4 is 5.32 Å². The van der Waals surface area contributed by atoms with Crippen LogP contribution in [0.4, 0.5) is 5.69 Å². The Hall–Kier alpha value is -1.89. The Morgan fingerprint density at radius 3 is 2.80 bits per heavy atom. The van der Waals surface area contributed by atoms with Crippen molar-refractivity contribution in [1.82, 2.24) is 4.90 Å². The molecule has 2 aliphatic rings. The molecular weight excluding hydrogens is 280 g/mol. The zero-order chi connectivity index (χ0) is 14.3. The first kappa shape index (κ1) is 13.1. The molecule has 2 fully saturated rings. The van der Waals surface area contributed by atoms with Crippen LogP contribution in [-0.2, 0) is 9.59 Å². The largest absolute Gasteiger partial charge is 0.477 e. The third-order valence-electron chi connectivity index (χ3n) is 3.63. The molecule has 0 radical (unpaired) electrons. The zero-order valence-electron chi connectivity index (χ0n) is 10.7. The lowest BCUT2D eigenvalue weighted by Crippen LogP contribution is -2.30. The van der Waals surface area contributed by atoms with E-state index in [0.717, 1.165) is 24.2 Å². The van der Waals surface area contributed by atoms with Crippen molar-refractivity contribution in [1.29, 1.82) is 0 Å². The second-order valence-electron chi connectivity index (χ2n) is 5.14. The van der Waals surface area contributed by atoms with E-state index in [2.05, 4.69) is 5.32 Å². The minimum Gasteiger partial charge on any atom is -0.477 e. The van der Waals surface area contributed by atoms with E-state index < -0.39 is 5.97 Å². The number of hydrogen-bond donors (Lipinski definition) is 2. The molecule has 1 saturated heterocycles. The van der Waals surface area contributed by atoms with Crippen LogP contribution in [0.1, 0.15) is 28.9 Å². The first-order chi connectivity index (χ1) is 9.56. The highest BCUT2D eigenvalue weighted by atomic mass is 32.1. The fourth-order valence-electron chi connectivity index (χ4n) is 2.45. The number of carbonyl (C=O) groups excluding carboxylic acids is 2. The Morgan fingerprint density at radius 1 is 1.40 bits per heavy atom. The number of rotatable bonds is 4. The summed E-state index contributed by atoms with van der Waals surface area (Å²) in [6, 6.07) is 1.89. The van der Waals surface area contributed by atoms with E-state index in [-0.39, 0.29) is 29.0 Å². The average molecular weight is 294 g/mol. The Morgan fingerprint density at radius 2 is 2.15 bits per heavy atom. The number of carboxylic acids is 1. The highest BCUT2D eigenvalue weighted by Gasteiger charge is 2.41. The third kappa shape index (κ3) is 2.40. The Labute approximate surface area is 119 Å². The molecule has 20 heavy (non-hydrogen) atoms. The standard InChI is InChI=1S/C13H14N2O4S/c16-10-5-7(6-15(10)8-1-2-8)12(17)14-9-3-4-20-11(9)13(18)19/h3-4,7-8H,1-2,5-6H2,(H,14,17)(H,18,19). The molecule has 1 saturated carbocycles. The van der Waals surface area contributed by atoms with Crippen molar-refractivity contribution >= 4 is 34.8 Å². The van der Waals surface area contributed by atoms with Gasteiger partial charge in [0.15, 0.2) is 0 Å². The number of thiophene rings is 1. The quantitative estimate of drug-likeness (QED) is 0.878. The number of aromatic carboxylic acids is 1. The van der Waals surface area contributed by atoms with Gasteiger partial charge in [0.05, 0.1) is 11.6 Å². The van der Waals surface area contributed by atoms with Crippen molar-refractivity contribution < 1.29 is 19.5 Å². The number of likely N-dealkylation sites (tertiary alicyclic amines) is 1. The Balaban J connectivity index is 1.66. The molecule has 2 heterocycles. The number of nitrogens with zero attached hydrogens (tertiary/aromatic N) is 1. The summed E-state index contributed by atoms with van der Waals surface area (Å²) in [5.74, 6) is -1.69. The fraction of sp³-hybridized carbons (Fsp3) is 0.462. The molecule has 1 aromatic heterocycles. The zero-order valence-corrected chi connectivity index (χ0v) is 11.5. The van der Waals surface area contributed by atoms with Crippen molar-refractivity contribution in [2.75, 3.05) is 11.9 Å². The number of anilines is 1. The van der Waals surface area contributed by atoms with Crippen LogP contribution in [0.3, 0.4) is 0 Å². The summed E-state index contributed by atoms with van der Waals surface area (Å²) in [5.41, 5.74) is 0.310. The lowest BCUT2D eigenvalue weighted by Gasteiger charge is -2.15. The average Bonchev–Trinajstić information content (AvgIpc) is 2.99. The normalized spacial score (nSPS) is 22.1. The minimum absolute atomic E-state index is 0.0245. The van der Waals surface area contributed by atoms with Gasteiger partial charge in [0.1, 0.15) is 4.88 Å². The molecular formula is C13H14N2O4S. The monoisotopic (exact) mass is 294 g/mol. The van der Waals surface area contributed by atoms with Gasteiger partial charge in [-0.05, 0) is 24.3 Å². The predicted octanol–water partition coefficient (Wildman–Crippen LogP) is 1.40. The van der Waals surface area contributed by atoms with Crippen LogP contribution >= 0.6 is 11.3 Å². The molecule has 1 atom stereocenters. The van der Waals surface area contributed by atoms with Gasteiger partial charge in [0, 0.05) is 19.0 Å². The second-order valence-corrected chi connectivity index (χ2v) is 6.05. The smallest absolute Gasteiger partial charge is 0.348 e. The van der Waals surface area contributed by atoms with Gasteiger partial charge in [-0.25, -0.2) is 4.79 Å². The van der Waals surface area contributed by atoms with Crippen molar-refractivity contribution in [2.45, 2.75) is 25.3 Å². The second kappa shape index (κ2) is 4.90. The van der Waals surface area contributed by atoms with Gasteiger partial charge < -0.3 is 15.3 Å². The molecule has 0 bridgehead atoms. The van der Waals surface area contributed by atoms with E-state index in [1.807, 2.05) is 0 Å². The van der Waals surface area contributed by atoms with Gasteiger partial charge >= 0.3 is 5.97 Å².